The van der Waals surface area contributed by atoms with E-state index in [1.54, 1.807) is 12.1 Å². The fraction of sp³-hybridized carbons (Fsp3) is 0.333. The molecule has 0 aliphatic rings. The van der Waals surface area contributed by atoms with E-state index < -0.39 is 11.9 Å². The molecule has 0 spiro atoms. The van der Waals surface area contributed by atoms with E-state index in [2.05, 4.69) is 15.9 Å². The fourth-order valence-electron chi connectivity index (χ4n) is 1.27. The number of esters is 2. The van der Waals surface area contributed by atoms with Crippen LogP contribution in [0.4, 0.5) is 0 Å². The Morgan fingerprint density at radius 2 is 1.47 bits per heavy atom. The summed E-state index contributed by atoms with van der Waals surface area (Å²) in [7, 11) is 0. The zero-order chi connectivity index (χ0) is 13.0. The number of ether oxygens (including phenoxy) is 2. The zero-order valence-electron chi connectivity index (χ0n) is 9.82. The number of carbonyl (C=O) groups excluding carboxylic acids is 2. The summed E-state index contributed by atoms with van der Waals surface area (Å²) < 4.78 is 9.95. The molecule has 0 N–H and O–H groups in total. The van der Waals surface area contributed by atoms with E-state index in [0.29, 0.717) is 11.5 Å². The Morgan fingerprint density at radius 3 is 1.76 bits per heavy atom. The molecule has 0 aromatic heterocycles. The average Bonchev–Trinajstić information content (AvgIpc) is 2.14. The van der Waals surface area contributed by atoms with Gasteiger partial charge in [-0.05, 0) is 24.6 Å². The molecule has 0 aliphatic carbocycles. The summed E-state index contributed by atoms with van der Waals surface area (Å²) >= 11 is 3.40. The van der Waals surface area contributed by atoms with Crippen molar-refractivity contribution in [1.82, 2.24) is 0 Å². The van der Waals surface area contributed by atoms with Gasteiger partial charge in [0.05, 0.1) is 0 Å². The second-order valence-corrected chi connectivity index (χ2v) is 4.91. The Hall–Kier alpha value is -1.36. The van der Waals surface area contributed by atoms with Gasteiger partial charge in [-0.15, -0.1) is 0 Å². The quantitative estimate of drug-likeness (QED) is 0.489. The van der Waals surface area contributed by atoms with Crippen LogP contribution in [-0.2, 0) is 9.59 Å². The highest BCUT2D eigenvalue weighted by Gasteiger charge is 2.09. The molecule has 0 saturated heterocycles. The molecule has 0 bridgehead atoms. The predicted octanol–water partition coefficient (Wildman–Crippen LogP) is 2.99. The maximum Gasteiger partial charge on any atom is 0.308 e. The first kappa shape index (κ1) is 13.7. The minimum absolute atomic E-state index is 0.0623. The van der Waals surface area contributed by atoms with Crippen molar-refractivity contribution in [1.29, 1.82) is 0 Å². The van der Waals surface area contributed by atoms with Gasteiger partial charge < -0.3 is 9.47 Å². The second kappa shape index (κ2) is 5.82. The molecule has 0 heterocycles. The highest BCUT2D eigenvalue weighted by atomic mass is 79.9. The number of hydrogen-bond acceptors (Lipinski definition) is 4. The van der Waals surface area contributed by atoms with E-state index in [0.717, 1.165) is 5.56 Å². The third-order valence-electron chi connectivity index (χ3n) is 1.88. The lowest BCUT2D eigenvalue weighted by Crippen LogP contribution is -2.05. The standard InChI is InChI=1S/C12H13BrO4/c1-7(13)10-4-11(16-8(2)14)6-12(5-10)17-9(3)15/h4-7H,1-3H3/i4+1,5+1,6+1,10+1,11+1,12+1. The van der Waals surface area contributed by atoms with Crippen LogP contribution in [0, 0.1) is 0 Å². The van der Waals surface area contributed by atoms with Crippen molar-refractivity contribution in [3.8, 4) is 11.5 Å². The molecule has 0 saturated carbocycles. The lowest BCUT2D eigenvalue weighted by molar-refractivity contribution is -0.132. The Kier molecular flexibility index (Phi) is 4.69. The maximum absolute atomic E-state index is 10.9. The lowest BCUT2D eigenvalue weighted by atomic mass is 10.7. The highest BCUT2D eigenvalue weighted by Crippen LogP contribution is 2.30. The fourth-order valence-corrected chi connectivity index (χ4v) is 1.54. The van der Waals surface area contributed by atoms with E-state index in [4.69, 9.17) is 9.47 Å². The van der Waals surface area contributed by atoms with Crippen molar-refractivity contribution in [3.05, 3.63) is 23.8 Å². The molecule has 0 amide bonds. The van der Waals surface area contributed by atoms with Crippen LogP contribution in [-0.4, -0.2) is 11.9 Å². The number of halogens is 1. The van der Waals surface area contributed by atoms with Gasteiger partial charge >= 0.3 is 11.9 Å². The molecular formula is C12H13BrO4. The molecule has 17 heavy (non-hydrogen) atoms. The molecule has 0 fully saturated rings. The molecular weight excluding hydrogens is 294 g/mol. The van der Waals surface area contributed by atoms with Crippen molar-refractivity contribution in [3.63, 3.8) is 0 Å². The summed E-state index contributed by atoms with van der Waals surface area (Å²) in [5, 5.41) is 0. The number of carbonyl (C=O) groups is 2. The molecule has 1 atom stereocenters. The summed E-state index contributed by atoms with van der Waals surface area (Å²) in [5.74, 6) is -0.119. The van der Waals surface area contributed by atoms with E-state index in [-0.39, 0.29) is 4.83 Å². The van der Waals surface area contributed by atoms with Gasteiger partial charge in [0.15, 0.2) is 0 Å². The predicted molar refractivity (Wildman–Crippen MR) is 66.4 cm³/mol. The SMILES string of the molecule is CC(=O)O[13c]1[13cH][13c](OC(C)=O)[13cH][13c](C(C)Br)[13cH]1. The van der Waals surface area contributed by atoms with Crippen LogP contribution in [0.15, 0.2) is 18.2 Å². The van der Waals surface area contributed by atoms with Crippen LogP contribution in [0.2, 0.25) is 0 Å². The van der Waals surface area contributed by atoms with Crippen LogP contribution in [0.5, 0.6) is 11.5 Å². The van der Waals surface area contributed by atoms with Gasteiger partial charge in [0.2, 0.25) is 0 Å². The monoisotopic (exact) mass is 306 g/mol. The molecule has 0 radical (unpaired) electrons. The first-order valence-corrected chi connectivity index (χ1v) is 5.96. The third kappa shape index (κ3) is 4.56. The van der Waals surface area contributed by atoms with E-state index in [1.165, 1.54) is 19.9 Å². The molecule has 4 nitrogen and oxygen atoms in total. The van der Waals surface area contributed by atoms with Gasteiger partial charge in [-0.25, -0.2) is 0 Å². The number of hydrogen-bond donors (Lipinski definition) is 0. The van der Waals surface area contributed by atoms with Gasteiger partial charge in [-0.2, -0.15) is 0 Å². The Labute approximate surface area is 108 Å². The maximum atomic E-state index is 10.9. The minimum atomic E-state index is -0.418. The molecule has 0 aliphatic heterocycles. The first-order chi connectivity index (χ1) is 7.88. The molecule has 5 heteroatoms. The van der Waals surface area contributed by atoms with Crippen LogP contribution >= 0.6 is 15.9 Å². The average molecular weight is 307 g/mol. The largest absolute Gasteiger partial charge is 0.427 e. The van der Waals surface area contributed by atoms with E-state index in [1.807, 2.05) is 6.92 Å². The summed E-state index contributed by atoms with van der Waals surface area (Å²) in [4.78, 5) is 21.8. The van der Waals surface area contributed by atoms with Gasteiger partial charge in [-0.1, -0.05) is 15.9 Å². The van der Waals surface area contributed by atoms with Crippen molar-refractivity contribution in [2.75, 3.05) is 0 Å². The number of rotatable bonds is 3. The Morgan fingerprint density at radius 1 is 1.06 bits per heavy atom. The van der Waals surface area contributed by atoms with Gasteiger partial charge in [-0.3, -0.25) is 9.59 Å². The molecule has 1 unspecified atom stereocenters. The van der Waals surface area contributed by atoms with Crippen molar-refractivity contribution >= 4 is 27.9 Å². The smallest absolute Gasteiger partial charge is 0.308 e. The zero-order valence-corrected chi connectivity index (χ0v) is 11.4. The highest BCUT2D eigenvalue weighted by molar-refractivity contribution is 9.09. The topological polar surface area (TPSA) is 52.6 Å². The van der Waals surface area contributed by atoms with E-state index >= 15 is 0 Å². The van der Waals surface area contributed by atoms with Gasteiger partial charge in [0, 0.05) is 24.7 Å². The molecule has 1 aromatic carbocycles. The minimum Gasteiger partial charge on any atom is -0.427 e. The summed E-state index contributed by atoms with van der Waals surface area (Å²) in [6.45, 7) is 4.55. The summed E-state index contributed by atoms with van der Waals surface area (Å²) in [5.41, 5.74) is 0.861. The first-order valence-electron chi connectivity index (χ1n) is 5.04. The van der Waals surface area contributed by atoms with E-state index in [9.17, 15) is 9.59 Å². The number of benzene rings is 1. The van der Waals surface area contributed by atoms with Crippen LogP contribution < -0.4 is 9.47 Å². The molecule has 1 aromatic rings. The van der Waals surface area contributed by atoms with Crippen molar-refractivity contribution < 1.29 is 19.1 Å². The summed E-state index contributed by atoms with van der Waals surface area (Å²) in [6, 6.07) is 4.93. The lowest BCUT2D eigenvalue weighted by Gasteiger charge is -2.10. The van der Waals surface area contributed by atoms with Crippen molar-refractivity contribution in [2.45, 2.75) is 25.6 Å². The Balaban J connectivity index is 3.08. The molecule has 1 rings (SSSR count). The molecule has 92 valence electrons. The van der Waals surface area contributed by atoms with Crippen LogP contribution in [0.1, 0.15) is 31.2 Å². The van der Waals surface area contributed by atoms with Crippen LogP contribution in [0.3, 0.4) is 0 Å². The van der Waals surface area contributed by atoms with Gasteiger partial charge in [0.1, 0.15) is 11.5 Å². The summed E-state index contributed by atoms with van der Waals surface area (Å²) in [6.07, 6.45) is 0. The normalized spacial score (nSPS) is 11.8. The van der Waals surface area contributed by atoms with Crippen molar-refractivity contribution in [2.24, 2.45) is 0 Å². The van der Waals surface area contributed by atoms with Gasteiger partial charge in [0.25, 0.3) is 0 Å². The number of alkyl halides is 1. The second-order valence-electron chi connectivity index (χ2n) is 3.54. The Bertz CT molecular complexity index is 406. The third-order valence-corrected chi connectivity index (χ3v) is 2.41. The van der Waals surface area contributed by atoms with Crippen LogP contribution in [0.25, 0.3) is 0 Å².